The van der Waals surface area contributed by atoms with Crippen molar-refractivity contribution in [2.24, 2.45) is 5.92 Å². The van der Waals surface area contributed by atoms with Gasteiger partial charge in [-0.25, -0.2) is 4.79 Å². The van der Waals surface area contributed by atoms with Crippen molar-refractivity contribution in [1.29, 1.82) is 0 Å². The molecule has 53 heavy (non-hydrogen) atoms. The number of hydrogen-bond acceptors (Lipinski definition) is 7. The highest BCUT2D eigenvalue weighted by Gasteiger charge is 2.34. The number of ketones is 1. The Morgan fingerprint density at radius 2 is 1.47 bits per heavy atom. The summed E-state index contributed by atoms with van der Waals surface area (Å²) < 4.78 is 12.1. The Hall–Kier alpha value is -5.34. The molecule has 2 aliphatic rings. The summed E-state index contributed by atoms with van der Waals surface area (Å²) >= 11 is 0. The van der Waals surface area contributed by atoms with E-state index in [1.807, 2.05) is 6.07 Å². The van der Waals surface area contributed by atoms with Gasteiger partial charge in [-0.1, -0.05) is 48.5 Å². The molecule has 1 atom stereocenters. The van der Waals surface area contributed by atoms with Gasteiger partial charge in [0.2, 0.25) is 0 Å². The number of ether oxygens (including phenoxy) is 2. The van der Waals surface area contributed by atoms with Gasteiger partial charge in [-0.05, 0) is 134 Å². The highest BCUT2D eigenvalue weighted by Crippen LogP contribution is 2.43. The number of piperidine rings is 1. The quantitative estimate of drug-likeness (QED) is 0.156. The van der Waals surface area contributed by atoms with E-state index in [0.717, 1.165) is 44.0 Å². The number of carboxylic acid groups (broad SMARTS) is 1. The molecule has 1 unspecified atom stereocenters. The van der Waals surface area contributed by atoms with Crippen molar-refractivity contribution in [3.8, 4) is 11.5 Å². The highest BCUT2D eigenvalue weighted by atomic mass is 16.5. The molecular weight excluding hydrogens is 663 g/mol. The third kappa shape index (κ3) is 8.34. The number of aromatic carboxylic acids is 1. The van der Waals surface area contributed by atoms with Gasteiger partial charge in [0, 0.05) is 37.8 Å². The van der Waals surface area contributed by atoms with E-state index in [2.05, 4.69) is 103 Å². The van der Waals surface area contributed by atoms with Gasteiger partial charge in [-0.3, -0.25) is 19.7 Å². The summed E-state index contributed by atoms with van der Waals surface area (Å²) in [6.45, 7) is 11.2. The lowest BCUT2D eigenvalue weighted by atomic mass is 9.71. The Morgan fingerprint density at radius 3 is 2.17 bits per heavy atom. The van der Waals surface area contributed by atoms with Crippen LogP contribution in [0.5, 0.6) is 11.5 Å². The van der Waals surface area contributed by atoms with Gasteiger partial charge in [0.15, 0.2) is 0 Å². The number of carbonyl (C=O) groups is 2. The molecule has 1 N–H and O–H groups in total. The smallest absolute Gasteiger partial charge is 0.335 e. The molecule has 8 heteroatoms. The van der Waals surface area contributed by atoms with Gasteiger partial charge in [-0.2, -0.15) is 0 Å². The van der Waals surface area contributed by atoms with Gasteiger partial charge in [0.1, 0.15) is 17.3 Å². The number of benzene rings is 5. The number of rotatable bonds is 8. The molecule has 1 fully saturated rings. The van der Waals surface area contributed by atoms with Crippen LogP contribution >= 0.6 is 0 Å². The second kappa shape index (κ2) is 15.7. The predicted octanol–water partition coefficient (Wildman–Crippen LogP) is 9.41. The summed E-state index contributed by atoms with van der Waals surface area (Å²) in [6, 6.07) is 28.6. The molecule has 8 nitrogen and oxygen atoms in total. The molecule has 0 spiro atoms. The zero-order chi connectivity index (χ0) is 37.1. The zero-order valence-corrected chi connectivity index (χ0v) is 30.9. The molecular formula is C45H47N3O5. The molecule has 8 rings (SSSR count). The second-order valence-electron chi connectivity index (χ2n) is 14.9. The van der Waals surface area contributed by atoms with E-state index in [1.54, 1.807) is 12.3 Å². The van der Waals surface area contributed by atoms with E-state index >= 15 is 0 Å². The standard InChI is InChI=1S/C36H41NO3.C9H6N2O2/c1-23(2)39-29-17-25(18-30(21-29)40-24(3)4)22-37-15-13-27(14-16-37)35-19-28(38)20-36-33-10-9-26-7-5-6-8-31(26)32(33)11-12-34(35)36;12-9(13)6-1-2-7-8(5-6)11-4-3-10-7/h5-12,17-18,21,23-24,27,35H,13-16,19-20,22H2,1-4H3;1-5H,(H,12,13). The number of aromatic nitrogens is 2. The number of fused-ring (bicyclic) bond motifs is 6. The van der Waals surface area contributed by atoms with E-state index in [-0.39, 0.29) is 17.8 Å². The van der Waals surface area contributed by atoms with Gasteiger partial charge in [-0.15, -0.1) is 0 Å². The lowest BCUT2D eigenvalue weighted by molar-refractivity contribution is -0.119. The van der Waals surface area contributed by atoms with Crippen molar-refractivity contribution in [3.05, 3.63) is 120 Å². The fourth-order valence-corrected chi connectivity index (χ4v) is 8.03. The van der Waals surface area contributed by atoms with Crippen molar-refractivity contribution in [1.82, 2.24) is 14.9 Å². The van der Waals surface area contributed by atoms with E-state index < -0.39 is 5.97 Å². The summed E-state index contributed by atoms with van der Waals surface area (Å²) in [7, 11) is 0. The van der Waals surface area contributed by atoms with Gasteiger partial charge < -0.3 is 14.6 Å². The first kappa shape index (κ1) is 36.0. The minimum atomic E-state index is -0.951. The zero-order valence-electron chi connectivity index (χ0n) is 30.9. The lowest BCUT2D eigenvalue weighted by Crippen LogP contribution is -2.36. The number of likely N-dealkylation sites (tertiary alicyclic amines) is 1. The molecule has 2 heterocycles. The third-order valence-corrected chi connectivity index (χ3v) is 10.3. The summed E-state index contributed by atoms with van der Waals surface area (Å²) in [5.74, 6) is 2.04. The van der Waals surface area contributed by atoms with Crippen LogP contribution in [-0.2, 0) is 17.8 Å². The number of nitrogens with zero attached hydrogens (tertiary/aromatic N) is 3. The maximum Gasteiger partial charge on any atom is 0.335 e. The van der Waals surface area contributed by atoms with Crippen molar-refractivity contribution < 1.29 is 24.2 Å². The Bertz CT molecular complexity index is 2250. The maximum atomic E-state index is 13.1. The van der Waals surface area contributed by atoms with Crippen molar-refractivity contribution in [2.75, 3.05) is 13.1 Å². The second-order valence-corrected chi connectivity index (χ2v) is 14.9. The van der Waals surface area contributed by atoms with Crippen molar-refractivity contribution in [2.45, 2.75) is 78.0 Å². The predicted molar refractivity (Wildman–Crippen MR) is 210 cm³/mol. The number of carbonyl (C=O) groups excluding carboxylic acids is 1. The van der Waals surface area contributed by atoms with Crippen LogP contribution in [0.1, 0.15) is 79.9 Å². The van der Waals surface area contributed by atoms with Crippen LogP contribution in [0.15, 0.2) is 97.3 Å². The van der Waals surface area contributed by atoms with Crippen molar-refractivity contribution in [3.63, 3.8) is 0 Å². The molecule has 5 aromatic carbocycles. The monoisotopic (exact) mass is 709 g/mol. The first-order valence-corrected chi connectivity index (χ1v) is 18.7. The fourth-order valence-electron chi connectivity index (χ4n) is 8.03. The first-order chi connectivity index (χ1) is 25.6. The lowest BCUT2D eigenvalue weighted by Gasteiger charge is -2.38. The fraction of sp³-hybridized carbons (Fsp3) is 0.333. The largest absolute Gasteiger partial charge is 0.491 e. The highest BCUT2D eigenvalue weighted by molar-refractivity contribution is 6.09. The summed E-state index contributed by atoms with van der Waals surface area (Å²) in [5, 5.41) is 13.8. The summed E-state index contributed by atoms with van der Waals surface area (Å²) in [6.07, 6.45) is 6.83. The molecule has 6 aromatic rings. The Labute approximate surface area is 310 Å². The van der Waals surface area contributed by atoms with E-state index in [1.165, 1.54) is 56.6 Å². The van der Waals surface area contributed by atoms with Crippen LogP contribution in [0.3, 0.4) is 0 Å². The van der Waals surface area contributed by atoms with Crippen LogP contribution in [0.4, 0.5) is 0 Å². The molecule has 0 amide bonds. The molecule has 1 saturated heterocycles. The summed E-state index contributed by atoms with van der Waals surface area (Å²) in [4.78, 5) is 34.2. The first-order valence-electron chi connectivity index (χ1n) is 18.7. The molecule has 272 valence electrons. The molecule has 0 radical (unpaired) electrons. The SMILES string of the molecule is CC(C)Oc1cc(CN2CCC(C3CC(=O)Cc4c3ccc3c4ccc4ccccc43)CC2)cc(OC(C)C)c1.O=C(O)c1ccc2nccnc2c1. The van der Waals surface area contributed by atoms with Crippen LogP contribution in [0.25, 0.3) is 32.6 Å². The average Bonchev–Trinajstić information content (AvgIpc) is 3.14. The number of carboxylic acids is 1. The van der Waals surface area contributed by atoms with Gasteiger partial charge in [0.25, 0.3) is 0 Å². The number of hydrogen-bond donors (Lipinski definition) is 1. The minimum Gasteiger partial charge on any atom is -0.491 e. The molecule has 0 bridgehead atoms. The molecule has 1 aromatic heterocycles. The van der Waals surface area contributed by atoms with E-state index in [0.29, 0.717) is 41.5 Å². The molecule has 1 aliphatic heterocycles. The third-order valence-electron chi connectivity index (χ3n) is 10.3. The van der Waals surface area contributed by atoms with Crippen LogP contribution in [0, 0.1) is 5.92 Å². The molecule has 0 saturated carbocycles. The minimum absolute atomic E-state index is 0.120. The Balaban J connectivity index is 0.000000281. The van der Waals surface area contributed by atoms with Crippen molar-refractivity contribution >= 4 is 44.3 Å². The maximum absolute atomic E-state index is 13.1. The van der Waals surface area contributed by atoms with E-state index in [4.69, 9.17) is 14.6 Å². The van der Waals surface area contributed by atoms with Crippen LogP contribution in [-0.4, -0.2) is 57.0 Å². The van der Waals surface area contributed by atoms with Crippen LogP contribution < -0.4 is 9.47 Å². The normalized spacial score (nSPS) is 16.5. The van der Waals surface area contributed by atoms with Gasteiger partial charge >= 0.3 is 5.97 Å². The Kier molecular flexibility index (Phi) is 10.7. The average molecular weight is 710 g/mol. The Morgan fingerprint density at radius 1 is 0.792 bits per heavy atom. The molecule has 1 aliphatic carbocycles. The van der Waals surface area contributed by atoms with E-state index in [9.17, 15) is 9.59 Å². The topological polar surface area (TPSA) is 102 Å². The van der Waals surface area contributed by atoms with Crippen LogP contribution in [0.2, 0.25) is 0 Å². The number of Topliss-reactive ketones (excluding diaryl/α,β-unsaturated/α-hetero) is 1. The summed E-state index contributed by atoms with van der Waals surface area (Å²) in [5.41, 5.74) is 5.44. The van der Waals surface area contributed by atoms with Gasteiger partial charge in [0.05, 0.1) is 28.8 Å².